The summed E-state index contributed by atoms with van der Waals surface area (Å²) in [5.74, 6) is 0.602. The van der Waals surface area contributed by atoms with Crippen LogP contribution in [0.4, 0.5) is 5.82 Å². The van der Waals surface area contributed by atoms with Crippen molar-refractivity contribution in [2.24, 2.45) is 0 Å². The van der Waals surface area contributed by atoms with Gasteiger partial charge >= 0.3 is 0 Å². The monoisotopic (exact) mass is 332 g/mol. The molecule has 0 fully saturated rings. The van der Waals surface area contributed by atoms with Crippen molar-refractivity contribution >= 4 is 23.3 Å². The molecule has 5 heteroatoms. The lowest BCUT2D eigenvalue weighted by atomic mass is 9.78. The summed E-state index contributed by atoms with van der Waals surface area (Å²) in [6.45, 7) is 12.1. The van der Waals surface area contributed by atoms with Crippen LogP contribution in [-0.2, 0) is 10.8 Å². The van der Waals surface area contributed by atoms with Crippen LogP contribution in [-0.4, -0.2) is 15.4 Å². The van der Waals surface area contributed by atoms with Crippen molar-refractivity contribution in [3.05, 3.63) is 40.3 Å². The molecule has 23 heavy (non-hydrogen) atoms. The number of aromatic nitrogens is 1. The van der Waals surface area contributed by atoms with Crippen molar-refractivity contribution in [1.82, 2.24) is 4.37 Å². The molecule has 0 aliphatic carbocycles. The molecular formula is C18H24N2O2S. The van der Waals surface area contributed by atoms with Gasteiger partial charge in [-0.25, -0.2) is 0 Å². The molecule has 1 heterocycles. The van der Waals surface area contributed by atoms with Crippen molar-refractivity contribution in [1.29, 1.82) is 0 Å². The fourth-order valence-corrected chi connectivity index (χ4v) is 2.85. The fourth-order valence-electron chi connectivity index (χ4n) is 2.37. The van der Waals surface area contributed by atoms with Crippen molar-refractivity contribution in [3.63, 3.8) is 0 Å². The quantitative estimate of drug-likeness (QED) is 0.838. The number of phenols is 1. The van der Waals surface area contributed by atoms with Crippen LogP contribution in [0.1, 0.15) is 63.0 Å². The highest BCUT2D eigenvalue weighted by Gasteiger charge is 2.27. The number of hydrogen-bond donors (Lipinski definition) is 2. The Labute approximate surface area is 141 Å². The van der Waals surface area contributed by atoms with E-state index in [2.05, 4.69) is 9.69 Å². The summed E-state index contributed by atoms with van der Waals surface area (Å²) >= 11 is 1.29. The second kappa shape index (κ2) is 5.96. The fraction of sp³-hybridized carbons (Fsp3) is 0.444. The number of benzene rings is 1. The van der Waals surface area contributed by atoms with E-state index in [1.165, 1.54) is 11.5 Å². The number of nitrogens with zero attached hydrogens (tertiary/aromatic N) is 1. The van der Waals surface area contributed by atoms with E-state index in [4.69, 9.17) is 0 Å². The van der Waals surface area contributed by atoms with Crippen LogP contribution in [0, 0.1) is 0 Å². The molecular weight excluding hydrogens is 308 g/mol. The normalized spacial score (nSPS) is 12.3. The molecule has 0 aliphatic rings. The lowest BCUT2D eigenvalue weighted by molar-refractivity contribution is 0.102. The van der Waals surface area contributed by atoms with E-state index < -0.39 is 0 Å². The van der Waals surface area contributed by atoms with Gasteiger partial charge in [0.2, 0.25) is 0 Å². The van der Waals surface area contributed by atoms with Gasteiger partial charge in [-0.2, -0.15) is 4.37 Å². The molecule has 0 atom stereocenters. The minimum Gasteiger partial charge on any atom is -0.507 e. The van der Waals surface area contributed by atoms with Crippen LogP contribution in [0.25, 0.3) is 0 Å². The molecule has 2 N–H and O–H groups in total. The molecule has 0 saturated heterocycles. The van der Waals surface area contributed by atoms with E-state index in [0.717, 1.165) is 11.1 Å². The summed E-state index contributed by atoms with van der Waals surface area (Å²) < 4.78 is 4.10. The molecule has 0 unspecified atom stereocenters. The maximum absolute atomic E-state index is 12.6. The highest BCUT2D eigenvalue weighted by atomic mass is 32.1. The summed E-state index contributed by atoms with van der Waals surface area (Å²) in [4.78, 5) is 12.6. The number of anilines is 1. The zero-order chi connectivity index (χ0) is 17.4. The summed E-state index contributed by atoms with van der Waals surface area (Å²) in [5.41, 5.74) is 1.55. The number of rotatable bonds is 2. The van der Waals surface area contributed by atoms with Crippen LogP contribution < -0.4 is 5.32 Å². The number of nitrogens with one attached hydrogen (secondary N) is 1. The number of phenolic OH excluding ortho intramolecular Hbond substituents is 1. The largest absolute Gasteiger partial charge is 0.507 e. The lowest BCUT2D eigenvalue weighted by Gasteiger charge is -2.28. The van der Waals surface area contributed by atoms with E-state index in [0.29, 0.717) is 11.4 Å². The van der Waals surface area contributed by atoms with E-state index in [-0.39, 0.29) is 22.5 Å². The molecule has 124 valence electrons. The SMILES string of the molecule is CC(C)(C)c1cc(C(=O)Nc2ccsn2)cc(C(C)(C)C)c1O. The first-order chi connectivity index (χ1) is 10.5. The predicted octanol–water partition coefficient (Wildman–Crippen LogP) is 4.70. The van der Waals surface area contributed by atoms with Gasteiger partial charge < -0.3 is 10.4 Å². The third kappa shape index (κ3) is 3.91. The standard InChI is InChI=1S/C18H24N2O2S/c1-17(2,3)12-9-11(10-13(15(12)21)18(4,5)6)16(22)19-14-7-8-23-20-14/h7-10,21H,1-6H3,(H,19,20,22). The van der Waals surface area contributed by atoms with Gasteiger partial charge in [-0.3, -0.25) is 4.79 Å². The van der Waals surface area contributed by atoms with Crippen LogP contribution >= 0.6 is 11.5 Å². The summed E-state index contributed by atoms with van der Waals surface area (Å²) in [5, 5.41) is 15.3. The molecule has 4 nitrogen and oxygen atoms in total. The molecule has 0 spiro atoms. The third-order valence-corrected chi connectivity index (χ3v) is 4.23. The van der Waals surface area contributed by atoms with Crippen molar-refractivity contribution in [2.75, 3.05) is 5.32 Å². The minimum atomic E-state index is -0.263. The average molecular weight is 332 g/mol. The Morgan fingerprint density at radius 2 is 1.61 bits per heavy atom. The van der Waals surface area contributed by atoms with Gasteiger partial charge in [-0.05, 0) is 40.6 Å². The van der Waals surface area contributed by atoms with Gasteiger partial charge in [0.05, 0.1) is 0 Å². The van der Waals surface area contributed by atoms with E-state index in [1.807, 2.05) is 46.9 Å². The Kier molecular flexibility index (Phi) is 4.53. The van der Waals surface area contributed by atoms with Crippen molar-refractivity contribution in [2.45, 2.75) is 52.4 Å². The Hall–Kier alpha value is -1.88. The third-order valence-electron chi connectivity index (χ3n) is 3.67. The second-order valence-corrected chi connectivity index (χ2v) is 8.42. The summed E-state index contributed by atoms with van der Waals surface area (Å²) in [6.07, 6.45) is 0. The Morgan fingerprint density at radius 1 is 1.09 bits per heavy atom. The van der Waals surface area contributed by atoms with Gasteiger partial charge in [0.1, 0.15) is 11.6 Å². The van der Waals surface area contributed by atoms with E-state index >= 15 is 0 Å². The maximum atomic E-state index is 12.6. The van der Waals surface area contributed by atoms with Gasteiger partial charge in [0, 0.05) is 22.1 Å². The maximum Gasteiger partial charge on any atom is 0.256 e. The van der Waals surface area contributed by atoms with Crippen LogP contribution in [0.2, 0.25) is 0 Å². The first kappa shape index (κ1) is 17.5. The van der Waals surface area contributed by atoms with Crippen LogP contribution in [0.5, 0.6) is 5.75 Å². The highest BCUT2D eigenvalue weighted by Crippen LogP contribution is 2.39. The van der Waals surface area contributed by atoms with Crippen molar-refractivity contribution in [3.8, 4) is 5.75 Å². The summed E-state index contributed by atoms with van der Waals surface area (Å²) in [7, 11) is 0. The average Bonchev–Trinajstić information content (AvgIpc) is 2.88. The number of carbonyl (C=O) groups excluding carboxylic acids is 1. The molecule has 0 bridgehead atoms. The topological polar surface area (TPSA) is 62.2 Å². The lowest BCUT2D eigenvalue weighted by Crippen LogP contribution is -2.20. The molecule has 0 radical (unpaired) electrons. The Morgan fingerprint density at radius 3 is 2.00 bits per heavy atom. The number of amides is 1. The minimum absolute atomic E-state index is 0.216. The van der Waals surface area contributed by atoms with Crippen molar-refractivity contribution < 1.29 is 9.90 Å². The van der Waals surface area contributed by atoms with Gasteiger partial charge in [-0.15, -0.1) is 0 Å². The first-order valence-corrected chi connectivity index (χ1v) is 8.43. The van der Waals surface area contributed by atoms with Gasteiger partial charge in [0.15, 0.2) is 0 Å². The summed E-state index contributed by atoms with van der Waals surface area (Å²) in [6, 6.07) is 5.30. The first-order valence-electron chi connectivity index (χ1n) is 7.60. The molecule has 1 aromatic carbocycles. The number of aromatic hydroxyl groups is 1. The number of carbonyl (C=O) groups is 1. The molecule has 2 aromatic rings. The smallest absolute Gasteiger partial charge is 0.256 e. The molecule has 0 saturated carbocycles. The molecule has 0 aliphatic heterocycles. The molecule has 1 aromatic heterocycles. The molecule has 1 amide bonds. The zero-order valence-electron chi connectivity index (χ0n) is 14.5. The van der Waals surface area contributed by atoms with E-state index in [9.17, 15) is 9.90 Å². The molecule has 2 rings (SSSR count). The predicted molar refractivity (Wildman–Crippen MR) is 95.6 cm³/mol. The van der Waals surface area contributed by atoms with Crippen LogP contribution in [0.15, 0.2) is 23.6 Å². The van der Waals surface area contributed by atoms with Crippen LogP contribution in [0.3, 0.4) is 0 Å². The zero-order valence-corrected chi connectivity index (χ0v) is 15.3. The number of hydrogen-bond acceptors (Lipinski definition) is 4. The second-order valence-electron chi connectivity index (χ2n) is 7.76. The highest BCUT2D eigenvalue weighted by molar-refractivity contribution is 7.03. The van der Waals surface area contributed by atoms with E-state index in [1.54, 1.807) is 18.2 Å². The van der Waals surface area contributed by atoms with Gasteiger partial charge in [0.25, 0.3) is 5.91 Å². The Balaban J connectivity index is 2.53. The Bertz CT molecular complexity index is 673. The van der Waals surface area contributed by atoms with Gasteiger partial charge in [-0.1, -0.05) is 41.5 Å².